The van der Waals surface area contributed by atoms with Crippen LogP contribution < -0.4 is 0 Å². The van der Waals surface area contributed by atoms with Gasteiger partial charge in [0.25, 0.3) is 0 Å². The first-order valence-electron chi connectivity index (χ1n) is 6.28. The zero-order valence-electron chi connectivity index (χ0n) is 10.7. The monoisotopic (exact) mass is 271 g/mol. The van der Waals surface area contributed by atoms with Gasteiger partial charge >= 0.3 is 6.18 Å². The molecule has 0 aromatic heterocycles. The van der Waals surface area contributed by atoms with Crippen molar-refractivity contribution >= 4 is 0 Å². The highest BCUT2D eigenvalue weighted by Gasteiger charge is 2.43. The second kappa shape index (κ2) is 5.65. The van der Waals surface area contributed by atoms with Crippen molar-refractivity contribution in [1.29, 1.82) is 0 Å². The van der Waals surface area contributed by atoms with Gasteiger partial charge in [0.1, 0.15) is 0 Å². The first-order chi connectivity index (χ1) is 9.00. The summed E-state index contributed by atoms with van der Waals surface area (Å²) in [7, 11) is 0. The van der Waals surface area contributed by atoms with Crippen molar-refractivity contribution in [3.63, 3.8) is 0 Å². The Morgan fingerprint density at radius 2 is 1.89 bits per heavy atom. The predicted octanol–water partition coefficient (Wildman–Crippen LogP) is 4.05. The number of benzene rings is 1. The van der Waals surface area contributed by atoms with Crippen LogP contribution in [0.25, 0.3) is 0 Å². The average Bonchev–Trinajstić information content (AvgIpc) is 2.74. The summed E-state index contributed by atoms with van der Waals surface area (Å²) in [5.74, 6) is -0.901. The number of halogens is 3. The lowest BCUT2D eigenvalue weighted by molar-refractivity contribution is -0.199. The molecule has 2 rings (SSSR count). The molecule has 0 aliphatic carbocycles. The molecule has 1 aliphatic rings. The van der Waals surface area contributed by atoms with Gasteiger partial charge in [-0.2, -0.15) is 13.2 Å². The molecule has 19 heavy (non-hydrogen) atoms. The number of nitrogens with zero attached hydrogens (tertiary/aromatic N) is 1. The highest BCUT2D eigenvalue weighted by molar-refractivity contribution is 5.16. The third-order valence-electron chi connectivity index (χ3n) is 2.97. The van der Waals surface area contributed by atoms with E-state index in [1.165, 1.54) is 11.1 Å². The molecule has 0 N–H and O–H groups in total. The summed E-state index contributed by atoms with van der Waals surface area (Å²) < 4.78 is 38.0. The van der Waals surface area contributed by atoms with Gasteiger partial charge in [-0.3, -0.25) is 0 Å². The van der Waals surface area contributed by atoms with Crippen LogP contribution in [-0.4, -0.2) is 17.3 Å². The minimum absolute atomic E-state index is 0.318. The van der Waals surface area contributed by atoms with Gasteiger partial charge in [-0.15, -0.1) is 5.06 Å². The molecule has 1 aromatic rings. The third-order valence-corrected chi connectivity index (χ3v) is 2.97. The molecule has 1 unspecified atom stereocenters. The Labute approximate surface area is 110 Å². The molecule has 1 atom stereocenters. The highest BCUT2D eigenvalue weighted by atomic mass is 19.4. The van der Waals surface area contributed by atoms with E-state index in [1.54, 1.807) is 0 Å². The largest absolute Gasteiger partial charge is 0.451 e. The van der Waals surface area contributed by atoms with Crippen LogP contribution in [0.1, 0.15) is 25.3 Å². The molecule has 1 aliphatic heterocycles. The third kappa shape index (κ3) is 3.50. The Bertz CT molecular complexity index is 442. The van der Waals surface area contributed by atoms with Gasteiger partial charge < -0.3 is 4.84 Å². The zero-order chi connectivity index (χ0) is 13.9. The number of alkyl halides is 3. The summed E-state index contributed by atoms with van der Waals surface area (Å²) in [6, 6.07) is 9.02. The van der Waals surface area contributed by atoms with E-state index in [0.29, 0.717) is 13.0 Å². The van der Waals surface area contributed by atoms with Gasteiger partial charge in [0.05, 0.1) is 12.6 Å². The molecule has 0 saturated heterocycles. The van der Waals surface area contributed by atoms with E-state index in [0.717, 1.165) is 12.0 Å². The van der Waals surface area contributed by atoms with E-state index < -0.39 is 11.9 Å². The van der Waals surface area contributed by atoms with Crippen molar-refractivity contribution in [3.8, 4) is 0 Å². The molecular weight excluding hydrogens is 255 g/mol. The van der Waals surface area contributed by atoms with Gasteiger partial charge in [0.15, 0.2) is 0 Å². The van der Waals surface area contributed by atoms with E-state index in [1.807, 2.05) is 37.3 Å². The second-order valence-electron chi connectivity index (χ2n) is 4.54. The first-order valence-corrected chi connectivity index (χ1v) is 6.28. The maximum absolute atomic E-state index is 12.7. The summed E-state index contributed by atoms with van der Waals surface area (Å²) >= 11 is 0. The number of rotatable bonds is 4. The fourth-order valence-electron chi connectivity index (χ4n) is 2.06. The molecular formula is C14H16F3NO. The quantitative estimate of drug-likeness (QED) is 0.819. The van der Waals surface area contributed by atoms with Gasteiger partial charge in [-0.05, 0) is 18.1 Å². The van der Waals surface area contributed by atoms with E-state index >= 15 is 0 Å². The highest BCUT2D eigenvalue weighted by Crippen LogP contribution is 2.34. The van der Waals surface area contributed by atoms with E-state index in [-0.39, 0.29) is 6.04 Å². The smallest absolute Gasteiger partial charge is 0.400 e. The number of allylic oxidation sites excluding steroid dienone is 1. The lowest BCUT2D eigenvalue weighted by Gasteiger charge is -2.23. The molecule has 0 saturated carbocycles. The SMILES string of the molecule is CCCC1C=C(C(F)(F)F)ON1Cc1ccccc1. The fourth-order valence-corrected chi connectivity index (χ4v) is 2.06. The summed E-state index contributed by atoms with van der Waals surface area (Å²) in [5, 5.41) is 1.40. The number of hydrogen-bond donors (Lipinski definition) is 0. The molecule has 0 radical (unpaired) electrons. The summed E-state index contributed by atoms with van der Waals surface area (Å²) in [4.78, 5) is 4.96. The Morgan fingerprint density at radius 3 is 2.47 bits per heavy atom. The lowest BCUT2D eigenvalue weighted by Crippen LogP contribution is -2.29. The second-order valence-corrected chi connectivity index (χ2v) is 4.54. The van der Waals surface area contributed by atoms with Gasteiger partial charge in [0.2, 0.25) is 5.76 Å². The molecule has 1 aromatic carbocycles. The van der Waals surface area contributed by atoms with Crippen LogP contribution in [0.4, 0.5) is 13.2 Å². The summed E-state index contributed by atoms with van der Waals surface area (Å²) in [5.41, 5.74) is 0.931. The predicted molar refractivity (Wildman–Crippen MR) is 65.9 cm³/mol. The van der Waals surface area contributed by atoms with E-state index in [2.05, 4.69) is 0 Å². The zero-order valence-corrected chi connectivity index (χ0v) is 10.7. The van der Waals surface area contributed by atoms with Gasteiger partial charge in [0, 0.05) is 0 Å². The van der Waals surface area contributed by atoms with Crippen LogP contribution in [0.2, 0.25) is 0 Å². The van der Waals surface area contributed by atoms with E-state index in [9.17, 15) is 13.2 Å². The molecule has 2 nitrogen and oxygen atoms in total. The van der Waals surface area contributed by atoms with Gasteiger partial charge in [-0.1, -0.05) is 43.7 Å². The minimum Gasteiger partial charge on any atom is -0.400 e. The topological polar surface area (TPSA) is 12.5 Å². The van der Waals surface area contributed by atoms with Crippen LogP contribution in [0.5, 0.6) is 0 Å². The summed E-state index contributed by atoms with van der Waals surface area (Å²) in [6.45, 7) is 2.29. The van der Waals surface area contributed by atoms with Crippen molar-refractivity contribution in [2.75, 3.05) is 0 Å². The lowest BCUT2D eigenvalue weighted by atomic mass is 10.1. The van der Waals surface area contributed by atoms with Crippen LogP contribution >= 0.6 is 0 Å². The standard InChI is InChI=1S/C14H16F3NO/c1-2-6-12-9-13(14(15,16)17)19-18(12)10-11-7-4-3-5-8-11/h3-5,7-9,12H,2,6,10H2,1H3. The van der Waals surface area contributed by atoms with Crippen LogP contribution in [0.15, 0.2) is 42.2 Å². The average molecular weight is 271 g/mol. The summed E-state index contributed by atoms with van der Waals surface area (Å²) in [6.07, 6.45) is -1.79. The molecule has 0 amide bonds. The fraction of sp³-hybridized carbons (Fsp3) is 0.429. The van der Waals surface area contributed by atoms with Gasteiger partial charge in [-0.25, -0.2) is 0 Å². The van der Waals surface area contributed by atoms with Crippen molar-refractivity contribution < 1.29 is 18.0 Å². The molecule has 0 spiro atoms. The molecule has 5 heteroatoms. The van der Waals surface area contributed by atoms with Crippen molar-refractivity contribution in [1.82, 2.24) is 5.06 Å². The normalized spacial score (nSPS) is 20.2. The Balaban J connectivity index is 2.09. The molecule has 0 fully saturated rings. The Kier molecular flexibility index (Phi) is 4.14. The van der Waals surface area contributed by atoms with Crippen LogP contribution in [-0.2, 0) is 11.4 Å². The van der Waals surface area contributed by atoms with E-state index in [4.69, 9.17) is 4.84 Å². The molecule has 0 bridgehead atoms. The maximum atomic E-state index is 12.7. The molecule has 1 heterocycles. The van der Waals surface area contributed by atoms with Crippen molar-refractivity contribution in [3.05, 3.63) is 47.7 Å². The van der Waals surface area contributed by atoms with Crippen LogP contribution in [0, 0.1) is 0 Å². The van der Waals surface area contributed by atoms with Crippen LogP contribution in [0.3, 0.4) is 0 Å². The number of hydrogen-bond acceptors (Lipinski definition) is 2. The number of hydroxylamine groups is 2. The Hall–Kier alpha value is -1.49. The first kappa shape index (κ1) is 13.9. The minimum atomic E-state index is -4.42. The van der Waals surface area contributed by atoms with Crippen molar-refractivity contribution in [2.24, 2.45) is 0 Å². The Morgan fingerprint density at radius 1 is 1.21 bits per heavy atom. The molecule has 104 valence electrons. The maximum Gasteiger partial charge on any atom is 0.451 e. The van der Waals surface area contributed by atoms with Crippen molar-refractivity contribution in [2.45, 2.75) is 38.5 Å².